The van der Waals surface area contributed by atoms with E-state index in [2.05, 4.69) is 40.2 Å². The second kappa shape index (κ2) is 5.88. The average Bonchev–Trinajstić information content (AvgIpc) is 3.21. The predicted molar refractivity (Wildman–Crippen MR) is 75.5 cm³/mol. The van der Waals surface area contributed by atoms with Crippen molar-refractivity contribution in [3.8, 4) is 12.3 Å². The zero-order chi connectivity index (χ0) is 13.0. The number of pyridine rings is 1. The van der Waals surface area contributed by atoms with Crippen LogP contribution in [0.3, 0.4) is 0 Å². The minimum absolute atomic E-state index is 0.330. The zero-order valence-electron chi connectivity index (χ0n) is 11.2. The Bertz CT molecular complexity index is 414. The van der Waals surface area contributed by atoms with Gasteiger partial charge in [-0.3, -0.25) is 0 Å². The van der Waals surface area contributed by atoms with Crippen LogP contribution in [0, 0.1) is 18.3 Å². The molecule has 1 fully saturated rings. The van der Waals surface area contributed by atoms with E-state index in [1.54, 1.807) is 0 Å². The van der Waals surface area contributed by atoms with E-state index in [1.165, 1.54) is 18.4 Å². The second-order valence-corrected chi connectivity index (χ2v) is 4.99. The van der Waals surface area contributed by atoms with Crippen LogP contribution in [0.25, 0.3) is 0 Å². The van der Waals surface area contributed by atoms with Gasteiger partial charge in [0.05, 0.1) is 6.54 Å². The number of nitrogens with one attached hydrogen (secondary N) is 1. The van der Waals surface area contributed by atoms with Crippen LogP contribution in [-0.4, -0.2) is 25.1 Å². The fourth-order valence-electron chi connectivity index (χ4n) is 1.97. The zero-order valence-corrected chi connectivity index (χ0v) is 11.2. The molecule has 0 saturated heterocycles. The lowest BCUT2D eigenvalue weighted by molar-refractivity contribution is 0.649. The summed E-state index contributed by atoms with van der Waals surface area (Å²) in [5.41, 5.74) is 1.20. The molecule has 2 rings (SSSR count). The van der Waals surface area contributed by atoms with Crippen LogP contribution in [0.4, 0.5) is 5.82 Å². The van der Waals surface area contributed by atoms with Gasteiger partial charge in [0.25, 0.3) is 0 Å². The van der Waals surface area contributed by atoms with E-state index in [4.69, 9.17) is 6.42 Å². The highest BCUT2D eigenvalue weighted by atomic mass is 15.2. The molecule has 96 valence electrons. The summed E-state index contributed by atoms with van der Waals surface area (Å²) in [6.45, 7) is 3.81. The molecule has 1 N–H and O–H groups in total. The van der Waals surface area contributed by atoms with Crippen LogP contribution in [-0.2, 0) is 0 Å². The van der Waals surface area contributed by atoms with E-state index in [0.717, 1.165) is 18.3 Å². The molecule has 0 spiro atoms. The summed E-state index contributed by atoms with van der Waals surface area (Å²) in [7, 11) is 1.95. The summed E-state index contributed by atoms with van der Waals surface area (Å²) < 4.78 is 0. The van der Waals surface area contributed by atoms with E-state index in [-0.39, 0.29) is 0 Å². The number of hydrogen-bond donors (Lipinski definition) is 1. The van der Waals surface area contributed by atoms with Gasteiger partial charge in [-0.05, 0) is 44.4 Å². The highest BCUT2D eigenvalue weighted by Crippen LogP contribution is 2.31. The van der Waals surface area contributed by atoms with Gasteiger partial charge < -0.3 is 10.2 Å². The number of nitrogens with zero attached hydrogens (tertiary/aromatic N) is 2. The van der Waals surface area contributed by atoms with Crippen molar-refractivity contribution in [2.45, 2.75) is 25.8 Å². The molecule has 0 bridgehead atoms. The minimum Gasteiger partial charge on any atom is -0.345 e. The second-order valence-electron chi connectivity index (χ2n) is 4.99. The first kappa shape index (κ1) is 12.9. The number of anilines is 1. The molecule has 0 amide bonds. The van der Waals surface area contributed by atoms with Gasteiger partial charge in [0.2, 0.25) is 0 Å². The molecule has 18 heavy (non-hydrogen) atoms. The molecule has 0 radical (unpaired) electrons. The van der Waals surface area contributed by atoms with Gasteiger partial charge in [-0.25, -0.2) is 4.98 Å². The number of aromatic nitrogens is 1. The van der Waals surface area contributed by atoms with Gasteiger partial charge in [0, 0.05) is 18.8 Å². The molecule has 0 aromatic carbocycles. The molecule has 1 heterocycles. The summed E-state index contributed by atoms with van der Waals surface area (Å²) in [4.78, 5) is 6.74. The number of hydrogen-bond acceptors (Lipinski definition) is 3. The summed E-state index contributed by atoms with van der Waals surface area (Å²) in [5.74, 6) is 4.53. The summed E-state index contributed by atoms with van der Waals surface area (Å²) >= 11 is 0. The van der Waals surface area contributed by atoms with Gasteiger partial charge in [-0.15, -0.1) is 6.42 Å². The predicted octanol–water partition coefficient (Wildman–Crippen LogP) is 2.21. The molecular weight excluding hydrogens is 222 g/mol. The Morgan fingerprint density at radius 2 is 2.33 bits per heavy atom. The Kier molecular flexibility index (Phi) is 4.22. The van der Waals surface area contributed by atoms with Crippen LogP contribution < -0.4 is 10.2 Å². The number of rotatable bonds is 6. The quantitative estimate of drug-likeness (QED) is 0.776. The Balaban J connectivity index is 2.07. The first-order chi connectivity index (χ1) is 8.74. The van der Waals surface area contributed by atoms with Crippen LogP contribution in [0.15, 0.2) is 18.3 Å². The summed E-state index contributed by atoms with van der Waals surface area (Å²) in [6.07, 6.45) is 10.0. The first-order valence-corrected chi connectivity index (χ1v) is 6.56. The molecule has 1 atom stereocenters. The molecule has 1 saturated carbocycles. The number of terminal acetylenes is 1. The standard InChI is InChI=1S/C15H21N3/c1-4-9-18(11-13-5-6-13)15-8-7-14(10-17-15)12(2)16-3/h1,7-8,10,12-13,16H,5-6,9,11H2,2-3H3. The van der Waals surface area contributed by atoms with E-state index in [9.17, 15) is 0 Å². The van der Waals surface area contributed by atoms with Gasteiger partial charge >= 0.3 is 0 Å². The lowest BCUT2D eigenvalue weighted by atomic mass is 10.1. The van der Waals surface area contributed by atoms with Crippen molar-refractivity contribution in [1.29, 1.82) is 0 Å². The van der Waals surface area contributed by atoms with Crippen molar-refractivity contribution in [3.05, 3.63) is 23.9 Å². The monoisotopic (exact) mass is 243 g/mol. The van der Waals surface area contributed by atoms with Crippen molar-refractivity contribution in [2.24, 2.45) is 5.92 Å². The largest absolute Gasteiger partial charge is 0.345 e. The van der Waals surface area contributed by atoms with Crippen molar-refractivity contribution >= 4 is 5.82 Å². The van der Waals surface area contributed by atoms with Crippen LogP contribution >= 0.6 is 0 Å². The fraction of sp³-hybridized carbons (Fsp3) is 0.533. The Morgan fingerprint density at radius 3 is 2.83 bits per heavy atom. The third-order valence-corrected chi connectivity index (χ3v) is 3.49. The fourth-order valence-corrected chi connectivity index (χ4v) is 1.97. The van der Waals surface area contributed by atoms with E-state index in [0.29, 0.717) is 12.6 Å². The third-order valence-electron chi connectivity index (χ3n) is 3.49. The summed E-state index contributed by atoms with van der Waals surface area (Å²) in [5, 5.41) is 3.21. The Labute approximate surface area is 110 Å². The van der Waals surface area contributed by atoms with Gasteiger partial charge in [0.1, 0.15) is 5.82 Å². The van der Waals surface area contributed by atoms with Crippen molar-refractivity contribution in [1.82, 2.24) is 10.3 Å². The molecule has 1 aliphatic carbocycles. The van der Waals surface area contributed by atoms with Crippen molar-refractivity contribution in [3.63, 3.8) is 0 Å². The van der Waals surface area contributed by atoms with Crippen LogP contribution in [0.1, 0.15) is 31.4 Å². The first-order valence-electron chi connectivity index (χ1n) is 6.56. The summed E-state index contributed by atoms with van der Waals surface area (Å²) in [6, 6.07) is 4.53. The maximum atomic E-state index is 5.43. The van der Waals surface area contributed by atoms with Gasteiger partial charge in [0.15, 0.2) is 0 Å². The minimum atomic E-state index is 0.330. The van der Waals surface area contributed by atoms with Gasteiger partial charge in [-0.1, -0.05) is 12.0 Å². The Morgan fingerprint density at radius 1 is 1.56 bits per heavy atom. The van der Waals surface area contributed by atoms with Gasteiger partial charge in [-0.2, -0.15) is 0 Å². The highest BCUT2D eigenvalue weighted by Gasteiger charge is 2.24. The van der Waals surface area contributed by atoms with Crippen LogP contribution in [0.2, 0.25) is 0 Å². The third kappa shape index (κ3) is 3.24. The normalized spacial score (nSPS) is 16.1. The lowest BCUT2D eigenvalue weighted by Crippen LogP contribution is -2.27. The maximum Gasteiger partial charge on any atom is 0.129 e. The topological polar surface area (TPSA) is 28.2 Å². The van der Waals surface area contributed by atoms with Crippen molar-refractivity contribution in [2.75, 3.05) is 25.0 Å². The molecular formula is C15H21N3. The molecule has 3 nitrogen and oxygen atoms in total. The smallest absolute Gasteiger partial charge is 0.129 e. The lowest BCUT2D eigenvalue weighted by Gasteiger charge is -2.21. The SMILES string of the molecule is C#CCN(CC1CC1)c1ccc(C(C)NC)cn1. The molecule has 0 aliphatic heterocycles. The molecule has 3 heteroatoms. The van der Waals surface area contributed by atoms with Crippen LogP contribution in [0.5, 0.6) is 0 Å². The van der Waals surface area contributed by atoms with Crippen molar-refractivity contribution < 1.29 is 0 Å². The molecule has 1 aromatic heterocycles. The maximum absolute atomic E-state index is 5.43. The molecule has 1 unspecified atom stereocenters. The van der Waals surface area contributed by atoms with E-state index >= 15 is 0 Å². The van der Waals surface area contributed by atoms with E-state index < -0.39 is 0 Å². The highest BCUT2D eigenvalue weighted by molar-refractivity contribution is 5.41. The average molecular weight is 243 g/mol. The Hall–Kier alpha value is -1.53. The van der Waals surface area contributed by atoms with E-state index in [1.807, 2.05) is 13.2 Å². The molecule has 1 aliphatic rings. The molecule has 1 aromatic rings.